The molecule has 0 amide bonds. The number of nitrogens with one attached hydrogen (secondary N) is 1. The zero-order chi connectivity index (χ0) is 14.1. The van der Waals surface area contributed by atoms with E-state index in [2.05, 4.69) is 31.3 Å². The van der Waals surface area contributed by atoms with E-state index in [0.717, 1.165) is 18.6 Å². The largest absolute Gasteiger partial charge is 0.312 e. The molecular weight excluding hydrogens is 254 g/mol. The molecule has 0 heterocycles. The molecule has 0 spiro atoms. The Balaban J connectivity index is 2.73. The Kier molecular flexibility index (Phi) is 7.99. The van der Waals surface area contributed by atoms with Gasteiger partial charge < -0.3 is 5.32 Å². The Morgan fingerprint density at radius 2 is 1.84 bits per heavy atom. The highest BCUT2D eigenvalue weighted by atomic mass is 32.2. The van der Waals surface area contributed by atoms with Crippen molar-refractivity contribution in [3.8, 4) is 0 Å². The van der Waals surface area contributed by atoms with Crippen molar-refractivity contribution in [2.24, 2.45) is 0 Å². The van der Waals surface area contributed by atoms with Crippen molar-refractivity contribution in [3.63, 3.8) is 0 Å². The molecule has 3 heteroatoms. The Hall–Kier alpha value is -0.670. The fourth-order valence-corrected chi connectivity index (χ4v) is 4.21. The summed E-state index contributed by atoms with van der Waals surface area (Å²) in [4.78, 5) is 0. The number of unbranched alkanes of at least 4 members (excludes halogenated alkanes) is 2. The molecule has 0 fully saturated rings. The monoisotopic (exact) mass is 281 g/mol. The van der Waals surface area contributed by atoms with Crippen LogP contribution in [0.4, 0.5) is 0 Å². The molecule has 1 aromatic carbocycles. The first kappa shape index (κ1) is 16.4. The highest BCUT2D eigenvalue weighted by Gasteiger charge is 2.25. The third kappa shape index (κ3) is 5.07. The molecule has 0 bridgehead atoms. The maximum Gasteiger partial charge on any atom is 0.0540 e. The maximum absolute atomic E-state index is 12.5. The van der Waals surface area contributed by atoms with Gasteiger partial charge in [-0.15, -0.1) is 0 Å². The normalized spacial score (nSPS) is 15.9. The number of hydrogen-bond donors (Lipinski definition) is 1. The van der Waals surface area contributed by atoms with Crippen molar-refractivity contribution in [3.05, 3.63) is 35.9 Å². The van der Waals surface area contributed by atoms with Crippen LogP contribution in [0, 0.1) is 0 Å². The zero-order valence-electron chi connectivity index (χ0n) is 12.4. The van der Waals surface area contributed by atoms with Gasteiger partial charge in [0.25, 0.3) is 0 Å². The molecule has 108 valence electrons. The second-order valence-corrected chi connectivity index (χ2v) is 6.69. The van der Waals surface area contributed by atoms with Gasteiger partial charge in [-0.05, 0) is 25.5 Å². The molecule has 0 aromatic heterocycles. The van der Waals surface area contributed by atoms with Crippen LogP contribution in [0.15, 0.2) is 30.3 Å². The van der Waals surface area contributed by atoms with Gasteiger partial charge in [-0.2, -0.15) is 0 Å². The van der Waals surface area contributed by atoms with Gasteiger partial charge in [-0.3, -0.25) is 4.21 Å². The third-order valence-corrected chi connectivity index (χ3v) is 5.50. The van der Waals surface area contributed by atoms with Crippen molar-refractivity contribution in [1.82, 2.24) is 5.32 Å². The summed E-state index contributed by atoms with van der Waals surface area (Å²) in [7, 11) is 1.21. The van der Waals surface area contributed by atoms with Gasteiger partial charge in [-0.25, -0.2) is 0 Å². The minimum Gasteiger partial charge on any atom is -0.312 e. The van der Waals surface area contributed by atoms with E-state index < -0.39 is 10.8 Å². The first-order valence-electron chi connectivity index (χ1n) is 7.33. The van der Waals surface area contributed by atoms with Crippen molar-refractivity contribution < 1.29 is 4.21 Å². The fraction of sp³-hybridized carbons (Fsp3) is 0.625. The van der Waals surface area contributed by atoms with E-state index in [9.17, 15) is 4.21 Å². The lowest BCUT2D eigenvalue weighted by atomic mass is 10.0. The van der Waals surface area contributed by atoms with Crippen LogP contribution in [0.2, 0.25) is 0 Å². The SMILES string of the molecule is CCCCCS(=O)C(CC)C(NC)c1ccccc1. The summed E-state index contributed by atoms with van der Waals surface area (Å²) in [5.74, 6) is 0.831. The molecule has 3 atom stereocenters. The van der Waals surface area contributed by atoms with Crippen molar-refractivity contribution in [2.75, 3.05) is 12.8 Å². The summed E-state index contributed by atoms with van der Waals surface area (Å²) < 4.78 is 12.5. The first-order chi connectivity index (χ1) is 9.24. The van der Waals surface area contributed by atoms with Crippen LogP contribution in [0.3, 0.4) is 0 Å². The molecule has 0 radical (unpaired) electrons. The van der Waals surface area contributed by atoms with Gasteiger partial charge in [0.1, 0.15) is 0 Å². The number of hydrogen-bond acceptors (Lipinski definition) is 2. The van der Waals surface area contributed by atoms with E-state index in [4.69, 9.17) is 0 Å². The van der Waals surface area contributed by atoms with Crippen LogP contribution in [0.1, 0.15) is 51.1 Å². The molecule has 0 saturated carbocycles. The Labute approximate surface area is 120 Å². The van der Waals surface area contributed by atoms with Crippen LogP contribution in [0.25, 0.3) is 0 Å². The lowest BCUT2D eigenvalue weighted by molar-refractivity contribution is 0.537. The quantitative estimate of drug-likeness (QED) is 0.700. The smallest absolute Gasteiger partial charge is 0.0540 e. The predicted octanol–water partition coefficient (Wildman–Crippen LogP) is 3.66. The minimum atomic E-state index is -0.752. The molecule has 1 N–H and O–H groups in total. The van der Waals surface area contributed by atoms with Crippen LogP contribution in [-0.4, -0.2) is 22.3 Å². The zero-order valence-corrected chi connectivity index (χ0v) is 13.2. The topological polar surface area (TPSA) is 29.1 Å². The second kappa shape index (κ2) is 9.27. The van der Waals surface area contributed by atoms with E-state index in [0.29, 0.717) is 0 Å². The Morgan fingerprint density at radius 1 is 1.16 bits per heavy atom. The molecular formula is C16H27NOS. The Bertz CT molecular complexity index is 366. The summed E-state index contributed by atoms with van der Waals surface area (Å²) in [5.41, 5.74) is 1.24. The van der Waals surface area contributed by atoms with Crippen molar-refractivity contribution >= 4 is 10.8 Å². The highest BCUT2D eigenvalue weighted by molar-refractivity contribution is 7.85. The summed E-state index contributed by atoms with van der Waals surface area (Å²) in [6.07, 6.45) is 4.38. The molecule has 1 rings (SSSR count). The standard InChI is InChI=1S/C16H27NOS/c1-4-6-10-13-19(18)15(5-2)16(17-3)14-11-8-7-9-12-14/h7-9,11-12,15-17H,4-6,10,13H2,1-3H3. The first-order valence-corrected chi connectivity index (χ1v) is 8.72. The molecule has 1 aromatic rings. The minimum absolute atomic E-state index is 0.189. The van der Waals surface area contributed by atoms with Crippen molar-refractivity contribution in [2.45, 2.75) is 50.8 Å². The van der Waals surface area contributed by atoms with E-state index >= 15 is 0 Å². The Morgan fingerprint density at radius 3 is 2.37 bits per heavy atom. The summed E-state index contributed by atoms with van der Waals surface area (Å²) in [6, 6.07) is 10.5. The van der Waals surface area contributed by atoms with Crippen LogP contribution < -0.4 is 5.32 Å². The van der Waals surface area contributed by atoms with Crippen molar-refractivity contribution in [1.29, 1.82) is 0 Å². The van der Waals surface area contributed by atoms with Gasteiger partial charge in [0.05, 0.1) is 5.25 Å². The molecule has 3 unspecified atom stereocenters. The third-order valence-electron chi connectivity index (χ3n) is 3.53. The van der Waals surface area contributed by atoms with Gasteiger partial charge in [0.2, 0.25) is 0 Å². The second-order valence-electron chi connectivity index (χ2n) is 4.92. The van der Waals surface area contributed by atoms with Gasteiger partial charge in [-0.1, -0.05) is 57.0 Å². The van der Waals surface area contributed by atoms with E-state index in [-0.39, 0.29) is 11.3 Å². The number of benzene rings is 1. The van der Waals surface area contributed by atoms with Crippen LogP contribution >= 0.6 is 0 Å². The fourth-order valence-electron chi connectivity index (χ4n) is 2.45. The van der Waals surface area contributed by atoms with Gasteiger partial charge >= 0.3 is 0 Å². The predicted molar refractivity (Wildman–Crippen MR) is 84.9 cm³/mol. The van der Waals surface area contributed by atoms with Crippen LogP contribution in [0.5, 0.6) is 0 Å². The molecule has 0 aliphatic rings. The maximum atomic E-state index is 12.5. The molecule has 0 aliphatic heterocycles. The number of rotatable bonds is 9. The summed E-state index contributed by atoms with van der Waals surface area (Å²) in [6.45, 7) is 4.32. The van der Waals surface area contributed by atoms with E-state index in [1.54, 1.807) is 0 Å². The van der Waals surface area contributed by atoms with Gasteiger partial charge in [0, 0.05) is 22.6 Å². The highest BCUT2D eigenvalue weighted by Crippen LogP contribution is 2.23. The molecule has 0 aliphatic carbocycles. The lowest BCUT2D eigenvalue weighted by Crippen LogP contribution is -2.33. The summed E-state index contributed by atoms with van der Waals surface area (Å²) >= 11 is 0. The molecule has 19 heavy (non-hydrogen) atoms. The lowest BCUT2D eigenvalue weighted by Gasteiger charge is -2.26. The van der Waals surface area contributed by atoms with Gasteiger partial charge in [0.15, 0.2) is 0 Å². The van der Waals surface area contributed by atoms with Crippen LogP contribution in [-0.2, 0) is 10.8 Å². The van der Waals surface area contributed by atoms with E-state index in [1.165, 1.54) is 18.4 Å². The molecule has 2 nitrogen and oxygen atoms in total. The molecule has 0 saturated heterocycles. The summed E-state index contributed by atoms with van der Waals surface area (Å²) in [5, 5.41) is 3.55. The average Bonchev–Trinajstić information content (AvgIpc) is 2.45. The average molecular weight is 281 g/mol. The van der Waals surface area contributed by atoms with E-state index in [1.807, 2.05) is 25.2 Å².